The molecule has 0 spiro atoms. The normalized spacial score (nSPS) is 15.4. The molecule has 0 saturated carbocycles. The standard InChI is InChI=1S/C19H19N5O4S/c1-28-14-9-11(4-5-13(14)25)8-12-17(20)24-19(21-18(12)27)29-15(22-24)10-16(26)23-6-2-3-7-23/h4-5,8-10,20,22,25H,2-3,6-7H2,1H3/b12-8-,15-10+,20-17?. The first kappa shape index (κ1) is 18.9. The summed E-state index contributed by atoms with van der Waals surface area (Å²) in [5.41, 5.74) is -0.0375. The van der Waals surface area contributed by atoms with Crippen molar-refractivity contribution in [3.8, 4) is 16.6 Å². The topological polar surface area (TPSA) is 124 Å². The molecule has 29 heavy (non-hydrogen) atoms. The first-order valence-electron chi connectivity index (χ1n) is 9.02. The summed E-state index contributed by atoms with van der Waals surface area (Å²) in [6, 6.07) is 4.62. The van der Waals surface area contributed by atoms with E-state index < -0.39 is 5.56 Å². The Morgan fingerprint density at radius 3 is 2.86 bits per heavy atom. The lowest BCUT2D eigenvalue weighted by Crippen LogP contribution is -2.47. The molecule has 3 aliphatic rings. The van der Waals surface area contributed by atoms with E-state index in [-0.39, 0.29) is 28.1 Å². The van der Waals surface area contributed by atoms with Crippen LogP contribution in [-0.4, -0.2) is 50.9 Å². The van der Waals surface area contributed by atoms with Crippen molar-refractivity contribution in [3.63, 3.8) is 0 Å². The van der Waals surface area contributed by atoms with Gasteiger partial charge >= 0.3 is 0 Å². The van der Waals surface area contributed by atoms with Crippen molar-refractivity contribution in [2.75, 3.05) is 20.2 Å². The molecule has 1 saturated heterocycles. The zero-order chi connectivity index (χ0) is 20.5. The Kier molecular flexibility index (Phi) is 4.93. The van der Waals surface area contributed by atoms with E-state index in [2.05, 4.69) is 10.1 Å². The summed E-state index contributed by atoms with van der Waals surface area (Å²) in [5, 5.41) is 21.5. The smallest absolute Gasteiger partial charge is 0.283 e. The zero-order valence-electron chi connectivity index (χ0n) is 15.6. The van der Waals surface area contributed by atoms with Crippen LogP contribution in [-0.2, 0) is 4.79 Å². The highest BCUT2D eigenvalue weighted by Crippen LogP contribution is 2.26. The average molecular weight is 413 g/mol. The molecule has 3 heterocycles. The fourth-order valence-electron chi connectivity index (χ4n) is 3.20. The van der Waals surface area contributed by atoms with Crippen molar-refractivity contribution in [1.82, 2.24) is 19.7 Å². The molecule has 0 bridgehead atoms. The predicted octanol–water partition coefficient (Wildman–Crippen LogP) is -0.515. The number of rotatable bonds is 3. The number of H-pyrrole nitrogens is 1. The van der Waals surface area contributed by atoms with Gasteiger partial charge in [0.05, 0.1) is 12.3 Å². The summed E-state index contributed by atoms with van der Waals surface area (Å²) < 4.78 is 6.97. The van der Waals surface area contributed by atoms with E-state index in [1.807, 2.05) is 0 Å². The SMILES string of the molecule is COc1cc(/C=c2\c(=O)nc3s/c(=C/C(=O)N4CCCC4)[nH]n-3c2=N)ccc1O. The van der Waals surface area contributed by atoms with Gasteiger partial charge in [0, 0.05) is 19.2 Å². The number of nitrogens with one attached hydrogen (secondary N) is 2. The second-order valence-corrected chi connectivity index (χ2v) is 7.64. The molecule has 0 unspecified atom stereocenters. The first-order chi connectivity index (χ1) is 14.0. The van der Waals surface area contributed by atoms with E-state index in [9.17, 15) is 14.7 Å². The molecule has 0 aromatic heterocycles. The molecule has 1 fully saturated rings. The van der Waals surface area contributed by atoms with Gasteiger partial charge in [-0.25, -0.2) is 4.68 Å². The van der Waals surface area contributed by atoms with Crippen LogP contribution in [0, 0.1) is 5.41 Å². The Hall–Kier alpha value is -3.40. The summed E-state index contributed by atoms with van der Waals surface area (Å²) in [7, 11) is 1.43. The highest BCUT2D eigenvalue weighted by atomic mass is 32.1. The van der Waals surface area contributed by atoms with Crippen LogP contribution in [0.5, 0.6) is 11.5 Å². The number of ether oxygens (including phenoxy) is 1. The monoisotopic (exact) mass is 413 g/mol. The molecule has 4 rings (SSSR count). The van der Waals surface area contributed by atoms with Gasteiger partial charge in [0.15, 0.2) is 17.0 Å². The number of benzene rings is 1. The third-order valence-corrected chi connectivity index (χ3v) is 5.59. The number of aromatic hydroxyl groups is 1. The van der Waals surface area contributed by atoms with Gasteiger partial charge in [-0.05, 0) is 36.6 Å². The van der Waals surface area contributed by atoms with Crippen LogP contribution in [0.3, 0.4) is 0 Å². The van der Waals surface area contributed by atoms with Gasteiger partial charge in [-0.2, -0.15) is 4.98 Å². The molecule has 0 atom stereocenters. The van der Waals surface area contributed by atoms with E-state index in [0.717, 1.165) is 37.3 Å². The van der Waals surface area contributed by atoms with Gasteiger partial charge in [0.2, 0.25) is 11.0 Å². The van der Waals surface area contributed by atoms with Crippen LogP contribution in [0.1, 0.15) is 18.4 Å². The van der Waals surface area contributed by atoms with E-state index in [1.165, 1.54) is 30.0 Å². The summed E-state index contributed by atoms with van der Waals surface area (Å²) in [6.07, 6.45) is 4.99. The summed E-state index contributed by atoms with van der Waals surface area (Å²) in [5.74, 6) is 0.150. The number of carbonyl (C=O) groups is 1. The highest BCUT2D eigenvalue weighted by molar-refractivity contribution is 7.11. The number of fused-ring (bicyclic) bond motifs is 1. The van der Waals surface area contributed by atoms with Gasteiger partial charge < -0.3 is 14.7 Å². The molecule has 150 valence electrons. The third kappa shape index (κ3) is 3.66. The maximum absolute atomic E-state index is 12.5. The number of aromatic nitrogens is 3. The molecule has 1 aromatic carbocycles. The number of phenolic OH excluding ortho intramolecular Hbond substituents is 1. The number of hydrogen-bond acceptors (Lipinski definition) is 7. The minimum absolute atomic E-state index is 0.0185. The molecule has 1 amide bonds. The fraction of sp³-hybridized carbons (Fsp3) is 0.263. The van der Waals surface area contributed by atoms with Crippen molar-refractivity contribution < 1.29 is 14.6 Å². The van der Waals surface area contributed by atoms with E-state index in [4.69, 9.17) is 10.1 Å². The van der Waals surface area contributed by atoms with Gasteiger partial charge in [0.25, 0.3) is 5.56 Å². The van der Waals surface area contributed by atoms with Crippen LogP contribution in [0.25, 0.3) is 17.3 Å². The average Bonchev–Trinajstić information content (AvgIpc) is 3.36. The number of phenols is 1. The largest absolute Gasteiger partial charge is 0.504 e. The Morgan fingerprint density at radius 2 is 2.14 bits per heavy atom. The molecular weight excluding hydrogens is 394 g/mol. The van der Waals surface area contributed by atoms with Gasteiger partial charge in [-0.3, -0.25) is 20.1 Å². The molecule has 3 N–H and O–H groups in total. The van der Waals surface area contributed by atoms with E-state index >= 15 is 0 Å². The Labute approximate surface area is 168 Å². The lowest BCUT2D eigenvalue weighted by atomic mass is 10.1. The predicted molar refractivity (Wildman–Crippen MR) is 107 cm³/mol. The van der Waals surface area contributed by atoms with Crippen LogP contribution in [0.2, 0.25) is 0 Å². The maximum atomic E-state index is 12.5. The Balaban J connectivity index is 1.81. The van der Waals surface area contributed by atoms with E-state index in [1.54, 1.807) is 17.0 Å². The van der Waals surface area contributed by atoms with Gasteiger partial charge in [-0.1, -0.05) is 17.4 Å². The maximum Gasteiger partial charge on any atom is 0.283 e. The van der Waals surface area contributed by atoms with Crippen LogP contribution < -0.4 is 25.7 Å². The second-order valence-electron chi connectivity index (χ2n) is 6.63. The minimum atomic E-state index is -0.547. The van der Waals surface area contributed by atoms with Crippen LogP contribution >= 0.6 is 11.3 Å². The number of carbonyl (C=O) groups excluding carboxylic acids is 1. The summed E-state index contributed by atoms with van der Waals surface area (Å²) in [4.78, 5) is 30.6. The summed E-state index contributed by atoms with van der Waals surface area (Å²) >= 11 is 1.14. The number of likely N-dealkylation sites (tertiary alicyclic amines) is 1. The van der Waals surface area contributed by atoms with Gasteiger partial charge in [-0.15, -0.1) is 0 Å². The molecule has 9 nitrogen and oxygen atoms in total. The Morgan fingerprint density at radius 1 is 1.38 bits per heavy atom. The van der Waals surface area contributed by atoms with Gasteiger partial charge in [0.1, 0.15) is 4.66 Å². The lowest BCUT2D eigenvalue weighted by molar-refractivity contribution is -0.123. The van der Waals surface area contributed by atoms with Crippen molar-refractivity contribution in [2.45, 2.75) is 12.8 Å². The van der Waals surface area contributed by atoms with Crippen molar-refractivity contribution in [3.05, 3.63) is 49.5 Å². The van der Waals surface area contributed by atoms with Crippen molar-refractivity contribution in [2.24, 2.45) is 0 Å². The molecule has 10 heteroatoms. The zero-order valence-corrected chi connectivity index (χ0v) is 16.5. The lowest BCUT2D eigenvalue weighted by Gasteiger charge is -2.10. The first-order valence-corrected chi connectivity index (χ1v) is 9.84. The number of aromatic amines is 1. The quantitative estimate of drug-likeness (QED) is 0.533. The number of methoxy groups -OCH3 is 1. The van der Waals surface area contributed by atoms with Crippen LogP contribution in [0.4, 0.5) is 0 Å². The summed E-state index contributed by atoms with van der Waals surface area (Å²) in [6.45, 7) is 1.49. The second kappa shape index (κ2) is 7.55. The molecule has 3 aliphatic heterocycles. The fourth-order valence-corrected chi connectivity index (χ4v) is 4.05. The molecule has 1 aromatic rings. The van der Waals surface area contributed by atoms with E-state index in [0.29, 0.717) is 15.4 Å². The van der Waals surface area contributed by atoms with Crippen molar-refractivity contribution in [1.29, 1.82) is 5.41 Å². The number of hydrogen-bond donors (Lipinski definition) is 3. The molecular formula is C19H19N5O4S. The molecule has 0 aliphatic carbocycles. The number of nitrogens with zero attached hydrogens (tertiary/aromatic N) is 3. The Bertz CT molecular complexity index is 1280. The van der Waals surface area contributed by atoms with Crippen molar-refractivity contribution >= 4 is 29.4 Å². The van der Waals surface area contributed by atoms with Crippen LogP contribution in [0.15, 0.2) is 23.0 Å². The third-order valence-electron chi connectivity index (χ3n) is 4.71. The number of amides is 1. The minimum Gasteiger partial charge on any atom is -0.504 e. The highest BCUT2D eigenvalue weighted by Gasteiger charge is 2.17. The molecule has 0 radical (unpaired) electrons.